The first-order valence-electron chi connectivity index (χ1n) is 2.21. The fourth-order valence-corrected chi connectivity index (χ4v) is 0.427. The van der Waals surface area contributed by atoms with Crippen LogP contribution in [0.5, 0.6) is 0 Å². The van der Waals surface area contributed by atoms with Crippen LogP contribution in [-0.2, 0) is 0 Å². The molecule has 0 aliphatic carbocycles. The summed E-state index contributed by atoms with van der Waals surface area (Å²) in [6.07, 6.45) is 0. The number of aromatic nitrogens is 3. The maximum atomic E-state index is 5.14. The molecular weight excluding hydrogens is 242 g/mol. The monoisotopic (exact) mass is 247 g/mol. The van der Waals surface area contributed by atoms with Gasteiger partial charge in [0.1, 0.15) is 0 Å². The summed E-state index contributed by atoms with van der Waals surface area (Å²) < 4.78 is 0. The Balaban J connectivity index is 0.000000810. The molecule has 6 nitrogen and oxygen atoms in total. The van der Waals surface area contributed by atoms with E-state index in [1.807, 2.05) is 0 Å². The van der Waals surface area contributed by atoms with Crippen molar-refractivity contribution in [2.75, 3.05) is 17.2 Å². The van der Waals surface area contributed by atoms with Gasteiger partial charge in [-0.1, -0.05) is 0 Å². The molecular formula is C3H6N6Sb. The average Bonchev–Trinajstić information content (AvgIpc) is 1.59. The number of nitrogens with two attached hydrogens (primary N) is 3. The molecule has 0 saturated heterocycles. The van der Waals surface area contributed by atoms with Gasteiger partial charge in [-0.15, -0.1) is 0 Å². The number of nitrogen functional groups attached to an aromatic ring is 3. The molecule has 0 amide bonds. The van der Waals surface area contributed by atoms with Crippen molar-refractivity contribution in [1.82, 2.24) is 15.0 Å². The van der Waals surface area contributed by atoms with Crippen LogP contribution in [0.15, 0.2) is 0 Å². The molecule has 0 bridgehead atoms. The maximum absolute atomic E-state index is 5.14. The van der Waals surface area contributed by atoms with E-state index in [0.717, 1.165) is 0 Å². The van der Waals surface area contributed by atoms with E-state index in [9.17, 15) is 0 Å². The van der Waals surface area contributed by atoms with Crippen molar-refractivity contribution >= 4 is 42.3 Å². The minimum Gasteiger partial charge on any atom is -0.368 e. The van der Waals surface area contributed by atoms with Crippen molar-refractivity contribution in [2.24, 2.45) is 0 Å². The largest absolute Gasteiger partial charge is 0.368 e. The van der Waals surface area contributed by atoms with Crippen LogP contribution in [0, 0.1) is 0 Å². The van der Waals surface area contributed by atoms with E-state index in [1.54, 1.807) is 0 Å². The number of anilines is 3. The van der Waals surface area contributed by atoms with E-state index in [2.05, 4.69) is 15.0 Å². The Morgan fingerprint density at radius 2 is 0.900 bits per heavy atom. The van der Waals surface area contributed by atoms with Gasteiger partial charge in [-0.25, -0.2) is 0 Å². The van der Waals surface area contributed by atoms with Gasteiger partial charge in [-0.3, -0.25) is 0 Å². The molecule has 0 atom stereocenters. The standard InChI is InChI=1S/C3H6N6.Sb/c4-1-7-2(5)9-3(6)8-1;/h(H6,4,5,6,7,8,9);. The quantitative estimate of drug-likeness (QED) is 0.468. The molecule has 6 N–H and O–H groups in total. The fourth-order valence-electron chi connectivity index (χ4n) is 0.427. The first kappa shape index (κ1) is 9.23. The maximum Gasteiger partial charge on any atom is 0.226 e. The Bertz CT molecular complexity index is 174. The van der Waals surface area contributed by atoms with Crippen molar-refractivity contribution in [2.45, 2.75) is 0 Å². The van der Waals surface area contributed by atoms with E-state index in [1.165, 1.54) is 0 Å². The molecule has 1 aromatic rings. The molecule has 1 heterocycles. The Kier molecular flexibility index (Phi) is 3.15. The first-order chi connectivity index (χ1) is 4.18. The van der Waals surface area contributed by atoms with Crippen LogP contribution in [0.1, 0.15) is 0 Å². The van der Waals surface area contributed by atoms with Crippen LogP contribution >= 0.6 is 0 Å². The number of nitrogens with zero attached hydrogens (tertiary/aromatic N) is 3. The van der Waals surface area contributed by atoms with Crippen molar-refractivity contribution in [3.05, 3.63) is 0 Å². The van der Waals surface area contributed by atoms with E-state index in [-0.39, 0.29) is 42.3 Å². The Morgan fingerprint density at radius 1 is 0.700 bits per heavy atom. The second-order valence-electron chi connectivity index (χ2n) is 1.41. The number of rotatable bonds is 0. The van der Waals surface area contributed by atoms with Crippen molar-refractivity contribution in [3.63, 3.8) is 0 Å². The Hall–Kier alpha value is -0.772. The second kappa shape index (κ2) is 3.41. The summed E-state index contributed by atoms with van der Waals surface area (Å²) in [4.78, 5) is 10.5. The zero-order chi connectivity index (χ0) is 6.85. The summed E-state index contributed by atoms with van der Waals surface area (Å²) in [5.41, 5.74) is 15.4. The molecule has 0 aromatic carbocycles. The van der Waals surface area contributed by atoms with Crippen LogP contribution in [0.2, 0.25) is 0 Å². The summed E-state index contributed by atoms with van der Waals surface area (Å²) in [6, 6.07) is 0. The van der Waals surface area contributed by atoms with Crippen LogP contribution < -0.4 is 17.2 Å². The third kappa shape index (κ3) is 2.22. The van der Waals surface area contributed by atoms with Gasteiger partial charge < -0.3 is 17.2 Å². The third-order valence-corrected chi connectivity index (χ3v) is 0.687. The van der Waals surface area contributed by atoms with Gasteiger partial charge in [0, 0.05) is 24.4 Å². The summed E-state index contributed by atoms with van der Waals surface area (Å²) in [5.74, 6) is 0.125. The predicted molar refractivity (Wildman–Crippen MR) is 38.8 cm³/mol. The SMILES string of the molecule is Nc1nc(N)nc(N)n1.[Sb]. The molecule has 1 rings (SSSR count). The van der Waals surface area contributed by atoms with E-state index >= 15 is 0 Å². The van der Waals surface area contributed by atoms with Gasteiger partial charge in [-0.2, -0.15) is 15.0 Å². The van der Waals surface area contributed by atoms with Gasteiger partial charge in [-0.05, 0) is 0 Å². The van der Waals surface area contributed by atoms with E-state index in [0.29, 0.717) is 0 Å². The minimum absolute atomic E-state index is 0. The smallest absolute Gasteiger partial charge is 0.226 e. The Labute approximate surface area is 74.7 Å². The number of hydrogen-bond donors (Lipinski definition) is 3. The topological polar surface area (TPSA) is 117 Å². The molecule has 0 fully saturated rings. The predicted octanol–water partition coefficient (Wildman–Crippen LogP) is -1.76. The van der Waals surface area contributed by atoms with Crippen molar-refractivity contribution in [1.29, 1.82) is 0 Å². The summed E-state index contributed by atoms with van der Waals surface area (Å²) in [6.45, 7) is 0. The van der Waals surface area contributed by atoms with Crippen molar-refractivity contribution < 1.29 is 0 Å². The van der Waals surface area contributed by atoms with Crippen molar-refractivity contribution in [3.8, 4) is 0 Å². The average molecular weight is 248 g/mol. The summed E-state index contributed by atoms with van der Waals surface area (Å²) in [5, 5.41) is 0. The summed E-state index contributed by atoms with van der Waals surface area (Å²) in [7, 11) is 0. The Morgan fingerprint density at radius 3 is 1.10 bits per heavy atom. The minimum atomic E-state index is 0. The molecule has 3 radical (unpaired) electrons. The van der Waals surface area contributed by atoms with Gasteiger partial charge >= 0.3 is 0 Å². The molecule has 0 unspecified atom stereocenters. The van der Waals surface area contributed by atoms with Gasteiger partial charge in [0.15, 0.2) is 0 Å². The van der Waals surface area contributed by atoms with Gasteiger partial charge in [0.2, 0.25) is 17.8 Å². The zero-order valence-corrected chi connectivity index (χ0v) is 7.57. The molecule has 0 saturated carbocycles. The first-order valence-corrected chi connectivity index (χ1v) is 2.21. The van der Waals surface area contributed by atoms with Crippen LogP contribution in [-0.4, -0.2) is 39.4 Å². The fraction of sp³-hybridized carbons (Fsp3) is 0. The molecule has 7 heteroatoms. The molecule has 53 valence electrons. The molecule has 0 aliphatic rings. The van der Waals surface area contributed by atoms with Crippen LogP contribution in [0.3, 0.4) is 0 Å². The van der Waals surface area contributed by atoms with Gasteiger partial charge in [0.25, 0.3) is 0 Å². The van der Waals surface area contributed by atoms with E-state index in [4.69, 9.17) is 17.2 Å². The van der Waals surface area contributed by atoms with Gasteiger partial charge in [0.05, 0.1) is 0 Å². The molecule has 0 spiro atoms. The van der Waals surface area contributed by atoms with Crippen LogP contribution in [0.4, 0.5) is 17.8 Å². The zero-order valence-electron chi connectivity index (χ0n) is 5.02. The second-order valence-corrected chi connectivity index (χ2v) is 1.41. The molecule has 1 aromatic heterocycles. The van der Waals surface area contributed by atoms with Crippen LogP contribution in [0.25, 0.3) is 0 Å². The normalized spacial score (nSPS) is 8.40. The molecule has 0 aliphatic heterocycles. The number of hydrogen-bond acceptors (Lipinski definition) is 6. The molecule has 10 heavy (non-hydrogen) atoms. The summed E-state index contributed by atoms with van der Waals surface area (Å²) >= 11 is 0. The third-order valence-electron chi connectivity index (χ3n) is 0.687. The van der Waals surface area contributed by atoms with E-state index < -0.39 is 0 Å².